The fourth-order valence-electron chi connectivity index (χ4n) is 4.62. The number of hydrogen-bond donors (Lipinski definition) is 1. The Morgan fingerprint density at radius 3 is 2.68 bits per heavy atom. The third-order valence-corrected chi connectivity index (χ3v) is 6.06. The predicted molar refractivity (Wildman–Crippen MR) is 109 cm³/mol. The first-order valence-electron chi connectivity index (χ1n) is 9.97. The SMILES string of the molecule is CC(C)n1nccc1C(=O)N1CCC2(CC1)Nc1ccccc1-n1cccc12. The summed E-state index contributed by atoms with van der Waals surface area (Å²) in [6, 6.07) is 14.7. The number of carbonyl (C=O) groups is 1. The van der Waals surface area contributed by atoms with Crippen molar-refractivity contribution in [1.29, 1.82) is 0 Å². The monoisotopic (exact) mass is 375 g/mol. The van der Waals surface area contributed by atoms with Crippen LogP contribution in [0.15, 0.2) is 54.9 Å². The molecule has 1 fully saturated rings. The summed E-state index contributed by atoms with van der Waals surface area (Å²) in [7, 11) is 0. The van der Waals surface area contributed by atoms with Crippen LogP contribution in [0.25, 0.3) is 5.69 Å². The molecule has 1 spiro atoms. The average molecular weight is 375 g/mol. The van der Waals surface area contributed by atoms with Crippen molar-refractivity contribution < 1.29 is 4.79 Å². The van der Waals surface area contributed by atoms with Crippen LogP contribution in [0.5, 0.6) is 0 Å². The number of piperidine rings is 1. The third kappa shape index (κ3) is 2.47. The summed E-state index contributed by atoms with van der Waals surface area (Å²) in [5, 5.41) is 8.12. The van der Waals surface area contributed by atoms with Crippen LogP contribution in [0.2, 0.25) is 0 Å². The van der Waals surface area contributed by atoms with Crippen molar-refractivity contribution in [2.24, 2.45) is 0 Å². The maximum absolute atomic E-state index is 13.1. The summed E-state index contributed by atoms with van der Waals surface area (Å²) in [5.41, 5.74) is 4.17. The van der Waals surface area contributed by atoms with Gasteiger partial charge in [0.05, 0.1) is 16.9 Å². The van der Waals surface area contributed by atoms with E-state index in [0.717, 1.165) is 31.6 Å². The predicted octanol–water partition coefficient (Wildman–Crippen LogP) is 3.81. The lowest BCUT2D eigenvalue weighted by Crippen LogP contribution is -2.51. The van der Waals surface area contributed by atoms with Gasteiger partial charge in [-0.1, -0.05) is 12.1 Å². The normalized spacial score (nSPS) is 17.3. The molecule has 2 aliphatic rings. The zero-order valence-electron chi connectivity index (χ0n) is 16.3. The van der Waals surface area contributed by atoms with Gasteiger partial charge in [0, 0.05) is 37.2 Å². The van der Waals surface area contributed by atoms with Crippen molar-refractivity contribution in [1.82, 2.24) is 19.2 Å². The lowest BCUT2D eigenvalue weighted by Gasteiger charge is -2.46. The summed E-state index contributed by atoms with van der Waals surface area (Å²) in [4.78, 5) is 15.1. The van der Waals surface area contributed by atoms with E-state index in [-0.39, 0.29) is 17.5 Å². The highest BCUT2D eigenvalue weighted by molar-refractivity contribution is 5.92. The highest BCUT2D eigenvalue weighted by Crippen LogP contribution is 2.43. The van der Waals surface area contributed by atoms with E-state index >= 15 is 0 Å². The van der Waals surface area contributed by atoms with Gasteiger partial charge in [0.15, 0.2) is 0 Å². The molecule has 1 amide bonds. The van der Waals surface area contributed by atoms with E-state index in [1.807, 2.05) is 29.5 Å². The smallest absolute Gasteiger partial charge is 0.272 e. The van der Waals surface area contributed by atoms with Gasteiger partial charge in [0.25, 0.3) is 5.91 Å². The van der Waals surface area contributed by atoms with Crippen molar-refractivity contribution in [2.75, 3.05) is 18.4 Å². The zero-order chi connectivity index (χ0) is 19.3. The Morgan fingerprint density at radius 2 is 1.89 bits per heavy atom. The quantitative estimate of drug-likeness (QED) is 0.741. The van der Waals surface area contributed by atoms with E-state index in [1.54, 1.807) is 6.20 Å². The van der Waals surface area contributed by atoms with Gasteiger partial charge in [0.1, 0.15) is 5.69 Å². The molecule has 0 radical (unpaired) electrons. The van der Waals surface area contributed by atoms with Crippen LogP contribution in [-0.4, -0.2) is 38.2 Å². The molecule has 6 heteroatoms. The van der Waals surface area contributed by atoms with Gasteiger partial charge in [-0.05, 0) is 57.0 Å². The van der Waals surface area contributed by atoms with Crippen LogP contribution in [0.4, 0.5) is 5.69 Å². The van der Waals surface area contributed by atoms with Gasteiger partial charge in [-0.25, -0.2) is 0 Å². The van der Waals surface area contributed by atoms with Gasteiger partial charge < -0.3 is 14.8 Å². The minimum Gasteiger partial charge on any atom is -0.372 e. The van der Waals surface area contributed by atoms with E-state index in [4.69, 9.17) is 0 Å². The second-order valence-corrected chi connectivity index (χ2v) is 8.03. The Labute approximate surface area is 164 Å². The molecule has 4 heterocycles. The molecule has 28 heavy (non-hydrogen) atoms. The second-order valence-electron chi connectivity index (χ2n) is 8.03. The molecule has 3 aromatic rings. The molecule has 0 bridgehead atoms. The second kappa shape index (κ2) is 6.26. The van der Waals surface area contributed by atoms with Gasteiger partial charge >= 0.3 is 0 Å². The lowest BCUT2D eigenvalue weighted by molar-refractivity contribution is 0.0662. The van der Waals surface area contributed by atoms with Crippen molar-refractivity contribution in [3.63, 3.8) is 0 Å². The first kappa shape index (κ1) is 17.1. The molecule has 0 aliphatic carbocycles. The number of hydrogen-bond acceptors (Lipinski definition) is 3. The number of carbonyl (C=O) groups excluding carboxylic acids is 1. The summed E-state index contributed by atoms with van der Waals surface area (Å²) in [5.74, 6) is 0.0765. The van der Waals surface area contributed by atoms with Crippen LogP contribution in [0, 0.1) is 0 Å². The number of nitrogens with zero attached hydrogens (tertiary/aromatic N) is 4. The minimum absolute atomic E-state index is 0.0765. The van der Waals surface area contributed by atoms with Gasteiger partial charge in [0.2, 0.25) is 0 Å². The van der Waals surface area contributed by atoms with Gasteiger partial charge in [-0.3, -0.25) is 9.48 Å². The van der Waals surface area contributed by atoms with E-state index in [0.29, 0.717) is 5.69 Å². The molecule has 0 atom stereocenters. The fraction of sp³-hybridized carbons (Fsp3) is 0.364. The number of anilines is 1. The van der Waals surface area contributed by atoms with E-state index in [1.165, 1.54) is 11.4 Å². The molecule has 1 saturated heterocycles. The number of fused-ring (bicyclic) bond motifs is 4. The van der Waals surface area contributed by atoms with Crippen LogP contribution in [0.1, 0.15) is 48.9 Å². The minimum atomic E-state index is -0.132. The Kier molecular flexibility index (Phi) is 3.82. The highest BCUT2D eigenvalue weighted by atomic mass is 16.2. The van der Waals surface area contributed by atoms with E-state index in [2.05, 4.69) is 57.6 Å². The molecular formula is C22H25N5O. The summed E-state index contributed by atoms with van der Waals surface area (Å²) in [6.07, 6.45) is 5.61. The number of nitrogens with one attached hydrogen (secondary N) is 1. The van der Waals surface area contributed by atoms with Crippen LogP contribution in [0.3, 0.4) is 0 Å². The van der Waals surface area contributed by atoms with E-state index in [9.17, 15) is 4.79 Å². The average Bonchev–Trinajstić information content (AvgIpc) is 3.39. The maximum atomic E-state index is 13.1. The first-order chi connectivity index (χ1) is 13.6. The molecule has 1 N–H and O–H groups in total. The van der Waals surface area contributed by atoms with Crippen molar-refractivity contribution in [3.05, 3.63) is 66.2 Å². The fourth-order valence-corrected chi connectivity index (χ4v) is 4.62. The Morgan fingerprint density at radius 1 is 1.11 bits per heavy atom. The Hall–Kier alpha value is -3.02. The molecule has 144 valence electrons. The standard InChI is InChI=1S/C22H25N5O/c1-16(2)27-19(9-12-23-27)21(28)25-14-10-22(11-15-25)20-8-5-13-26(20)18-7-4-3-6-17(18)24-22/h3-9,12-13,16,24H,10-11,14-15H2,1-2H3. The van der Waals surface area contributed by atoms with Crippen LogP contribution < -0.4 is 5.32 Å². The highest BCUT2D eigenvalue weighted by Gasteiger charge is 2.42. The lowest BCUT2D eigenvalue weighted by atomic mass is 9.82. The molecule has 2 aromatic heterocycles. The Balaban J connectivity index is 1.41. The molecule has 0 unspecified atom stereocenters. The first-order valence-corrected chi connectivity index (χ1v) is 9.97. The van der Waals surface area contributed by atoms with Gasteiger partial charge in [-0.15, -0.1) is 0 Å². The van der Waals surface area contributed by atoms with Crippen LogP contribution >= 0.6 is 0 Å². The summed E-state index contributed by atoms with van der Waals surface area (Å²) >= 11 is 0. The topological polar surface area (TPSA) is 55.1 Å². The van der Waals surface area contributed by atoms with Crippen molar-refractivity contribution >= 4 is 11.6 Å². The van der Waals surface area contributed by atoms with Crippen molar-refractivity contribution in [3.8, 4) is 5.69 Å². The number of para-hydroxylation sites is 2. The molecule has 5 rings (SSSR count). The maximum Gasteiger partial charge on any atom is 0.272 e. The van der Waals surface area contributed by atoms with Crippen LogP contribution in [-0.2, 0) is 5.54 Å². The van der Waals surface area contributed by atoms with Gasteiger partial charge in [-0.2, -0.15) is 5.10 Å². The third-order valence-electron chi connectivity index (χ3n) is 6.06. The summed E-state index contributed by atoms with van der Waals surface area (Å²) in [6.45, 7) is 5.55. The molecule has 2 aliphatic heterocycles. The molecule has 0 saturated carbocycles. The van der Waals surface area contributed by atoms with Crippen molar-refractivity contribution in [2.45, 2.75) is 38.3 Å². The Bertz CT molecular complexity index is 1020. The molecular weight excluding hydrogens is 350 g/mol. The number of benzene rings is 1. The number of likely N-dealkylation sites (tertiary alicyclic amines) is 1. The zero-order valence-corrected chi connectivity index (χ0v) is 16.3. The molecule has 6 nitrogen and oxygen atoms in total. The largest absolute Gasteiger partial charge is 0.372 e. The van der Waals surface area contributed by atoms with E-state index < -0.39 is 0 Å². The summed E-state index contributed by atoms with van der Waals surface area (Å²) < 4.78 is 4.10. The number of amides is 1. The number of rotatable bonds is 2. The number of aromatic nitrogens is 3. The molecule has 1 aromatic carbocycles.